The number of carbonyl (C=O) groups excluding carboxylic acids is 2. The fourth-order valence-corrected chi connectivity index (χ4v) is 4.15. The lowest BCUT2D eigenvalue weighted by molar-refractivity contribution is -0.137. The van der Waals surface area contributed by atoms with Crippen molar-refractivity contribution in [1.82, 2.24) is 10.2 Å². The van der Waals surface area contributed by atoms with Crippen LogP contribution in [0.1, 0.15) is 29.5 Å². The van der Waals surface area contributed by atoms with Gasteiger partial charge in [-0.15, -0.1) is 0 Å². The Labute approximate surface area is 206 Å². The summed E-state index contributed by atoms with van der Waals surface area (Å²) in [6, 6.07) is 25.4. The van der Waals surface area contributed by atoms with Gasteiger partial charge < -0.3 is 19.7 Å². The second kappa shape index (κ2) is 12.1. The molecule has 0 atom stereocenters. The van der Waals surface area contributed by atoms with Gasteiger partial charge in [0.15, 0.2) is 6.61 Å². The summed E-state index contributed by atoms with van der Waals surface area (Å²) in [5.74, 6) is 1.40. The zero-order chi connectivity index (χ0) is 24.5. The average molecular weight is 473 g/mol. The lowest BCUT2D eigenvalue weighted by atomic mass is 9.96. The molecule has 35 heavy (non-hydrogen) atoms. The van der Waals surface area contributed by atoms with Crippen LogP contribution in [-0.4, -0.2) is 36.4 Å². The summed E-state index contributed by atoms with van der Waals surface area (Å²) < 4.78 is 11.4. The predicted molar refractivity (Wildman–Crippen MR) is 135 cm³/mol. The highest BCUT2D eigenvalue weighted by atomic mass is 16.5. The maximum absolute atomic E-state index is 12.6. The quantitative estimate of drug-likeness (QED) is 0.498. The zero-order valence-electron chi connectivity index (χ0n) is 20.1. The third kappa shape index (κ3) is 7.34. The lowest BCUT2D eigenvalue weighted by Crippen LogP contribution is -2.44. The Kier molecular flexibility index (Phi) is 8.39. The van der Waals surface area contributed by atoms with E-state index in [1.54, 1.807) is 4.90 Å². The molecule has 0 saturated carbocycles. The summed E-state index contributed by atoms with van der Waals surface area (Å²) in [6.07, 6.45) is 1.32. The van der Waals surface area contributed by atoms with E-state index in [1.807, 2.05) is 60.7 Å². The summed E-state index contributed by atoms with van der Waals surface area (Å²) in [4.78, 5) is 26.8. The van der Waals surface area contributed by atoms with Crippen LogP contribution in [0.4, 0.5) is 0 Å². The smallest absolute Gasteiger partial charge is 0.260 e. The monoisotopic (exact) mass is 472 g/mol. The molecule has 0 unspecified atom stereocenters. The second-order valence-electron chi connectivity index (χ2n) is 8.90. The summed E-state index contributed by atoms with van der Waals surface area (Å²) in [5.41, 5.74) is 3.37. The van der Waals surface area contributed by atoms with Gasteiger partial charge in [0.25, 0.3) is 5.91 Å². The molecule has 1 heterocycles. The number of nitrogens with zero attached hydrogens (tertiary/aromatic N) is 1. The van der Waals surface area contributed by atoms with E-state index < -0.39 is 0 Å². The molecule has 0 aromatic heterocycles. The van der Waals surface area contributed by atoms with Crippen molar-refractivity contribution in [2.45, 2.75) is 32.9 Å². The van der Waals surface area contributed by atoms with Crippen molar-refractivity contribution in [2.75, 3.05) is 19.7 Å². The molecule has 0 radical (unpaired) electrons. The number of rotatable bonds is 9. The molecule has 1 fully saturated rings. The third-order valence-corrected chi connectivity index (χ3v) is 6.20. The number of hydrogen-bond acceptors (Lipinski definition) is 4. The SMILES string of the molecule is Cc1cccc(COc2ccc(CNC(=O)C3CCN(C(=O)COc4ccccc4)CC3)cc2)c1. The fourth-order valence-electron chi connectivity index (χ4n) is 4.15. The molecule has 6 nitrogen and oxygen atoms in total. The zero-order valence-corrected chi connectivity index (χ0v) is 20.1. The number of nitrogens with one attached hydrogen (secondary N) is 1. The highest BCUT2D eigenvalue weighted by Crippen LogP contribution is 2.19. The van der Waals surface area contributed by atoms with E-state index in [0.717, 1.165) is 16.9 Å². The molecule has 1 aliphatic heterocycles. The molecule has 0 aliphatic carbocycles. The summed E-state index contributed by atoms with van der Waals surface area (Å²) >= 11 is 0. The van der Waals surface area contributed by atoms with Gasteiger partial charge in [-0.1, -0.05) is 60.2 Å². The Morgan fingerprint density at radius 3 is 2.29 bits per heavy atom. The van der Waals surface area contributed by atoms with Crippen LogP contribution in [0, 0.1) is 12.8 Å². The van der Waals surface area contributed by atoms with Crippen LogP contribution in [0.15, 0.2) is 78.9 Å². The van der Waals surface area contributed by atoms with E-state index in [2.05, 4.69) is 30.4 Å². The summed E-state index contributed by atoms with van der Waals surface area (Å²) in [5, 5.41) is 3.04. The molecule has 4 rings (SSSR count). The summed E-state index contributed by atoms with van der Waals surface area (Å²) in [7, 11) is 0. The fraction of sp³-hybridized carbons (Fsp3) is 0.310. The van der Waals surface area contributed by atoms with Crippen molar-refractivity contribution >= 4 is 11.8 Å². The van der Waals surface area contributed by atoms with Gasteiger partial charge >= 0.3 is 0 Å². The van der Waals surface area contributed by atoms with Crippen molar-refractivity contribution in [3.8, 4) is 11.5 Å². The van der Waals surface area contributed by atoms with E-state index in [0.29, 0.717) is 44.8 Å². The Morgan fingerprint density at radius 2 is 1.57 bits per heavy atom. The van der Waals surface area contributed by atoms with Crippen molar-refractivity contribution in [3.05, 3.63) is 95.6 Å². The third-order valence-electron chi connectivity index (χ3n) is 6.20. The van der Waals surface area contributed by atoms with Crippen LogP contribution < -0.4 is 14.8 Å². The Hall–Kier alpha value is -3.80. The number of benzene rings is 3. The Balaban J connectivity index is 1.15. The number of aryl methyl sites for hydroxylation is 1. The minimum atomic E-state index is -0.0778. The highest BCUT2D eigenvalue weighted by molar-refractivity contribution is 5.80. The minimum absolute atomic E-state index is 0.0194. The molecule has 0 spiro atoms. The van der Waals surface area contributed by atoms with Gasteiger partial charge in [0.05, 0.1) is 0 Å². The first-order chi connectivity index (χ1) is 17.1. The van der Waals surface area contributed by atoms with E-state index >= 15 is 0 Å². The van der Waals surface area contributed by atoms with E-state index in [4.69, 9.17) is 9.47 Å². The standard InChI is InChI=1S/C29H32N2O4/c1-22-6-5-7-24(18-22)20-34-27-12-10-23(11-13-27)19-30-29(33)25-14-16-31(17-15-25)28(32)21-35-26-8-3-2-4-9-26/h2-13,18,25H,14-17,19-21H2,1H3,(H,30,33). The number of amides is 2. The van der Waals surface area contributed by atoms with Crippen LogP contribution in [0.2, 0.25) is 0 Å². The molecular formula is C29H32N2O4. The first kappa shape index (κ1) is 24.3. The molecule has 3 aromatic carbocycles. The number of para-hydroxylation sites is 1. The average Bonchev–Trinajstić information content (AvgIpc) is 2.90. The van der Waals surface area contributed by atoms with E-state index in [-0.39, 0.29) is 24.3 Å². The van der Waals surface area contributed by atoms with Gasteiger partial charge in [-0.05, 0) is 55.2 Å². The molecule has 1 saturated heterocycles. The molecular weight excluding hydrogens is 440 g/mol. The molecule has 1 N–H and O–H groups in total. The predicted octanol–water partition coefficient (Wildman–Crippen LogP) is 4.51. The van der Waals surface area contributed by atoms with Crippen molar-refractivity contribution in [1.29, 1.82) is 0 Å². The number of carbonyl (C=O) groups is 2. The van der Waals surface area contributed by atoms with Gasteiger partial charge in [0.2, 0.25) is 5.91 Å². The molecule has 0 bridgehead atoms. The van der Waals surface area contributed by atoms with Crippen LogP contribution in [0.25, 0.3) is 0 Å². The molecule has 3 aromatic rings. The maximum atomic E-state index is 12.6. The van der Waals surface area contributed by atoms with Gasteiger partial charge in [-0.3, -0.25) is 9.59 Å². The normalized spacial score (nSPS) is 13.8. The van der Waals surface area contributed by atoms with E-state index in [1.165, 1.54) is 5.56 Å². The molecule has 2 amide bonds. The molecule has 182 valence electrons. The first-order valence-electron chi connectivity index (χ1n) is 12.1. The van der Waals surface area contributed by atoms with Crippen molar-refractivity contribution < 1.29 is 19.1 Å². The van der Waals surface area contributed by atoms with Gasteiger partial charge in [-0.2, -0.15) is 0 Å². The number of piperidine rings is 1. The van der Waals surface area contributed by atoms with Gasteiger partial charge in [0.1, 0.15) is 18.1 Å². The Morgan fingerprint density at radius 1 is 0.857 bits per heavy atom. The van der Waals surface area contributed by atoms with Crippen LogP contribution >= 0.6 is 0 Å². The number of ether oxygens (including phenoxy) is 2. The topological polar surface area (TPSA) is 67.9 Å². The van der Waals surface area contributed by atoms with Crippen LogP contribution in [0.3, 0.4) is 0 Å². The highest BCUT2D eigenvalue weighted by Gasteiger charge is 2.27. The molecule has 1 aliphatic rings. The number of hydrogen-bond donors (Lipinski definition) is 1. The maximum Gasteiger partial charge on any atom is 0.260 e. The van der Waals surface area contributed by atoms with Gasteiger partial charge in [-0.25, -0.2) is 0 Å². The minimum Gasteiger partial charge on any atom is -0.489 e. The Bertz CT molecular complexity index is 1110. The largest absolute Gasteiger partial charge is 0.489 e. The van der Waals surface area contributed by atoms with Gasteiger partial charge in [0, 0.05) is 25.6 Å². The number of likely N-dealkylation sites (tertiary alicyclic amines) is 1. The van der Waals surface area contributed by atoms with Crippen molar-refractivity contribution in [2.24, 2.45) is 5.92 Å². The molecule has 6 heteroatoms. The first-order valence-corrected chi connectivity index (χ1v) is 12.1. The van der Waals surface area contributed by atoms with E-state index in [9.17, 15) is 9.59 Å². The second-order valence-corrected chi connectivity index (χ2v) is 8.90. The lowest BCUT2D eigenvalue weighted by Gasteiger charge is -2.31. The van der Waals surface area contributed by atoms with Crippen LogP contribution in [-0.2, 0) is 22.7 Å². The summed E-state index contributed by atoms with van der Waals surface area (Å²) in [6.45, 7) is 4.23. The van der Waals surface area contributed by atoms with Crippen molar-refractivity contribution in [3.63, 3.8) is 0 Å². The van der Waals surface area contributed by atoms with Crippen LogP contribution in [0.5, 0.6) is 11.5 Å².